The van der Waals surface area contributed by atoms with E-state index in [0.29, 0.717) is 4.90 Å². The van der Waals surface area contributed by atoms with Crippen molar-refractivity contribution < 1.29 is 40.3 Å². The molecule has 168 valence electrons. The van der Waals surface area contributed by atoms with Gasteiger partial charge in [-0.1, -0.05) is 6.07 Å². The smallest absolute Gasteiger partial charge is 0.297 e. The van der Waals surface area contributed by atoms with Gasteiger partial charge in [0, 0.05) is 24.7 Å². The van der Waals surface area contributed by atoms with Gasteiger partial charge in [0.1, 0.15) is 17.2 Å². The standard InChI is InChI=1S/C19H15F7N2O2S/c1-10-9-11(31-19(25,26)18(22,23)24)7-8-14(10)27(2)17(30)28(3)16(29)15-12(20)5-4-6-13(15)21/h4-9H,1-3H3. The van der Waals surface area contributed by atoms with Crippen molar-refractivity contribution in [2.45, 2.75) is 23.3 Å². The summed E-state index contributed by atoms with van der Waals surface area (Å²) >= 11 is -0.702. The van der Waals surface area contributed by atoms with E-state index < -0.39 is 57.2 Å². The fourth-order valence-corrected chi connectivity index (χ4v) is 3.34. The number of imide groups is 1. The van der Waals surface area contributed by atoms with Crippen LogP contribution in [0.2, 0.25) is 0 Å². The number of aryl methyl sites for hydroxylation is 1. The minimum absolute atomic E-state index is 0.0818. The number of nitrogens with zero attached hydrogens (tertiary/aromatic N) is 2. The predicted octanol–water partition coefficient (Wildman–Crippen LogP) is 5.85. The van der Waals surface area contributed by atoms with E-state index in [9.17, 15) is 40.3 Å². The third-order valence-electron chi connectivity index (χ3n) is 4.16. The first-order valence-corrected chi connectivity index (χ1v) is 9.23. The minimum Gasteiger partial charge on any atom is -0.297 e. The van der Waals surface area contributed by atoms with E-state index in [1.165, 1.54) is 14.0 Å². The molecule has 0 aliphatic rings. The predicted molar refractivity (Wildman–Crippen MR) is 100 cm³/mol. The average Bonchev–Trinajstić information content (AvgIpc) is 2.65. The van der Waals surface area contributed by atoms with Gasteiger partial charge in [-0.15, -0.1) is 0 Å². The molecular formula is C19H15F7N2O2S. The van der Waals surface area contributed by atoms with Crippen molar-refractivity contribution in [3.63, 3.8) is 0 Å². The quantitative estimate of drug-likeness (QED) is 0.418. The van der Waals surface area contributed by atoms with Crippen LogP contribution in [0.4, 0.5) is 41.2 Å². The number of anilines is 1. The summed E-state index contributed by atoms with van der Waals surface area (Å²) in [5, 5.41) is -5.01. The summed E-state index contributed by atoms with van der Waals surface area (Å²) in [6.07, 6.45) is -5.75. The van der Waals surface area contributed by atoms with Crippen molar-refractivity contribution >= 4 is 29.4 Å². The second-order valence-electron chi connectivity index (χ2n) is 6.37. The molecule has 2 aromatic carbocycles. The van der Waals surface area contributed by atoms with Crippen molar-refractivity contribution in [3.05, 3.63) is 59.2 Å². The number of benzene rings is 2. The molecule has 12 heteroatoms. The highest BCUT2D eigenvalue weighted by molar-refractivity contribution is 8.00. The van der Waals surface area contributed by atoms with E-state index in [4.69, 9.17) is 0 Å². The number of urea groups is 1. The summed E-state index contributed by atoms with van der Waals surface area (Å²) in [4.78, 5) is 25.9. The van der Waals surface area contributed by atoms with E-state index in [-0.39, 0.29) is 11.3 Å². The molecule has 3 amide bonds. The lowest BCUT2D eigenvalue weighted by atomic mass is 10.1. The Balaban J connectivity index is 2.25. The highest BCUT2D eigenvalue weighted by Crippen LogP contribution is 2.48. The second-order valence-corrected chi connectivity index (χ2v) is 7.56. The first-order chi connectivity index (χ1) is 14.2. The van der Waals surface area contributed by atoms with Gasteiger partial charge in [0.25, 0.3) is 5.91 Å². The van der Waals surface area contributed by atoms with Gasteiger partial charge in [0.2, 0.25) is 0 Å². The Morgan fingerprint density at radius 2 is 1.48 bits per heavy atom. The first-order valence-electron chi connectivity index (χ1n) is 8.41. The highest BCUT2D eigenvalue weighted by atomic mass is 32.2. The lowest BCUT2D eigenvalue weighted by Gasteiger charge is -2.26. The van der Waals surface area contributed by atoms with Crippen LogP contribution in [0, 0.1) is 18.6 Å². The number of hydrogen-bond donors (Lipinski definition) is 0. The van der Waals surface area contributed by atoms with E-state index in [0.717, 1.165) is 48.3 Å². The molecule has 0 aliphatic heterocycles. The van der Waals surface area contributed by atoms with Crippen LogP contribution in [0.1, 0.15) is 15.9 Å². The fourth-order valence-electron chi connectivity index (χ4n) is 2.56. The van der Waals surface area contributed by atoms with Gasteiger partial charge in [-0.2, -0.15) is 22.0 Å². The summed E-state index contributed by atoms with van der Waals surface area (Å²) in [6.45, 7) is 1.35. The Morgan fingerprint density at radius 1 is 0.935 bits per heavy atom. The summed E-state index contributed by atoms with van der Waals surface area (Å²) in [5.41, 5.74) is -0.709. The molecule has 31 heavy (non-hydrogen) atoms. The molecule has 0 bridgehead atoms. The number of halogens is 7. The normalized spacial score (nSPS) is 11.9. The molecule has 0 aromatic heterocycles. The molecule has 4 nitrogen and oxygen atoms in total. The number of amides is 3. The van der Waals surface area contributed by atoms with Crippen molar-refractivity contribution in [1.29, 1.82) is 0 Å². The van der Waals surface area contributed by atoms with Crippen LogP contribution in [-0.4, -0.2) is 42.4 Å². The van der Waals surface area contributed by atoms with E-state index in [2.05, 4.69) is 0 Å². The maximum atomic E-state index is 13.8. The van der Waals surface area contributed by atoms with Gasteiger partial charge in [-0.3, -0.25) is 14.6 Å². The van der Waals surface area contributed by atoms with Gasteiger partial charge in [-0.25, -0.2) is 13.6 Å². The summed E-state index contributed by atoms with van der Waals surface area (Å²) in [7, 11) is 2.18. The SMILES string of the molecule is Cc1cc(SC(F)(F)C(F)(F)F)ccc1N(C)C(=O)N(C)C(=O)c1c(F)cccc1F. The number of carbonyl (C=O) groups is 2. The summed E-state index contributed by atoms with van der Waals surface area (Å²) < 4.78 is 91.2. The highest BCUT2D eigenvalue weighted by Gasteiger charge is 2.58. The third kappa shape index (κ3) is 5.12. The molecule has 2 aromatic rings. The Kier molecular flexibility index (Phi) is 6.94. The Labute approximate surface area is 176 Å². The molecular weight excluding hydrogens is 453 g/mol. The third-order valence-corrected chi connectivity index (χ3v) is 5.14. The average molecular weight is 468 g/mol. The Hall–Kier alpha value is -2.76. The van der Waals surface area contributed by atoms with E-state index in [1.54, 1.807) is 0 Å². The molecule has 0 fully saturated rings. The van der Waals surface area contributed by atoms with Crippen molar-refractivity contribution in [2.24, 2.45) is 0 Å². The topological polar surface area (TPSA) is 40.6 Å². The zero-order valence-electron chi connectivity index (χ0n) is 16.2. The largest absolute Gasteiger partial charge is 0.464 e. The monoisotopic (exact) mass is 468 g/mol. The molecule has 0 spiro atoms. The zero-order valence-corrected chi connectivity index (χ0v) is 17.0. The van der Waals surface area contributed by atoms with Crippen LogP contribution < -0.4 is 4.90 Å². The second kappa shape index (κ2) is 8.77. The number of alkyl halides is 5. The van der Waals surface area contributed by atoms with Gasteiger partial charge < -0.3 is 0 Å². The maximum absolute atomic E-state index is 13.8. The Bertz CT molecular complexity index is 991. The fraction of sp³-hybridized carbons (Fsp3) is 0.263. The Morgan fingerprint density at radius 3 is 1.97 bits per heavy atom. The van der Waals surface area contributed by atoms with Crippen LogP contribution in [0.15, 0.2) is 41.3 Å². The molecule has 0 N–H and O–H groups in total. The molecule has 2 rings (SSSR count). The van der Waals surface area contributed by atoms with Crippen LogP contribution in [-0.2, 0) is 0 Å². The lowest BCUT2D eigenvalue weighted by Crippen LogP contribution is -2.43. The number of thioether (sulfide) groups is 1. The van der Waals surface area contributed by atoms with Gasteiger partial charge in [-0.05, 0) is 54.6 Å². The van der Waals surface area contributed by atoms with Crippen LogP contribution in [0.5, 0.6) is 0 Å². The molecule has 0 atom stereocenters. The molecule has 0 radical (unpaired) electrons. The van der Waals surface area contributed by atoms with Gasteiger partial charge in [0.05, 0.1) is 0 Å². The lowest BCUT2D eigenvalue weighted by molar-refractivity contribution is -0.237. The molecule has 0 heterocycles. The summed E-state index contributed by atoms with van der Waals surface area (Å²) in [6, 6.07) is 4.80. The minimum atomic E-state index is -5.75. The maximum Gasteiger partial charge on any atom is 0.464 e. The molecule has 0 aliphatic carbocycles. The van der Waals surface area contributed by atoms with Crippen molar-refractivity contribution in [1.82, 2.24) is 4.90 Å². The number of hydrogen-bond acceptors (Lipinski definition) is 3. The molecule has 0 saturated heterocycles. The van der Waals surface area contributed by atoms with Crippen LogP contribution >= 0.6 is 11.8 Å². The number of rotatable bonds is 4. The van der Waals surface area contributed by atoms with Crippen LogP contribution in [0.3, 0.4) is 0 Å². The van der Waals surface area contributed by atoms with Crippen molar-refractivity contribution in [2.75, 3.05) is 19.0 Å². The molecule has 0 saturated carbocycles. The first kappa shape index (κ1) is 24.5. The van der Waals surface area contributed by atoms with E-state index >= 15 is 0 Å². The van der Waals surface area contributed by atoms with Crippen LogP contribution in [0.25, 0.3) is 0 Å². The summed E-state index contributed by atoms with van der Waals surface area (Å²) in [5.74, 6) is -3.60. The van der Waals surface area contributed by atoms with Crippen molar-refractivity contribution in [3.8, 4) is 0 Å². The van der Waals surface area contributed by atoms with E-state index in [1.807, 2.05) is 0 Å². The molecule has 0 unspecified atom stereocenters. The number of carbonyl (C=O) groups excluding carboxylic acids is 2. The zero-order chi connectivity index (χ0) is 23.7. The van der Waals surface area contributed by atoms with Gasteiger partial charge >= 0.3 is 17.5 Å². The van der Waals surface area contributed by atoms with Gasteiger partial charge in [0.15, 0.2) is 0 Å².